The van der Waals surface area contributed by atoms with Gasteiger partial charge in [0.05, 0.1) is 6.10 Å². The SMILES string of the molecule is CCNC(=NCCCn1cccn1)NCCC(OCC)C(C)C.I. The molecule has 1 atom stereocenters. The fourth-order valence-corrected chi connectivity index (χ4v) is 2.35. The molecule has 0 aromatic carbocycles. The van der Waals surface area contributed by atoms with Crippen molar-refractivity contribution in [2.24, 2.45) is 10.9 Å². The predicted octanol–water partition coefficient (Wildman–Crippen LogP) is 2.90. The second-order valence-electron chi connectivity index (χ2n) is 5.84. The smallest absolute Gasteiger partial charge is 0.191 e. The lowest BCUT2D eigenvalue weighted by molar-refractivity contribution is 0.0258. The second kappa shape index (κ2) is 14.5. The Bertz CT molecular complexity index is 423. The van der Waals surface area contributed by atoms with Crippen molar-refractivity contribution in [3.05, 3.63) is 18.5 Å². The van der Waals surface area contributed by atoms with E-state index in [0.29, 0.717) is 12.0 Å². The van der Waals surface area contributed by atoms with Gasteiger partial charge in [-0.1, -0.05) is 13.8 Å². The molecule has 1 unspecified atom stereocenters. The molecule has 0 aliphatic carbocycles. The number of aliphatic imine (C=N–C) groups is 1. The molecule has 0 saturated heterocycles. The van der Waals surface area contributed by atoms with Crippen molar-refractivity contribution in [3.63, 3.8) is 0 Å². The Kier molecular flexibility index (Phi) is 14.0. The Morgan fingerprint density at radius 1 is 1.29 bits per heavy atom. The van der Waals surface area contributed by atoms with E-state index in [2.05, 4.69) is 41.5 Å². The largest absolute Gasteiger partial charge is 0.378 e. The van der Waals surface area contributed by atoms with Crippen LogP contribution in [0.25, 0.3) is 0 Å². The lowest BCUT2D eigenvalue weighted by atomic mass is 10.0. The minimum atomic E-state index is 0. The molecule has 1 aromatic rings. The lowest BCUT2D eigenvalue weighted by Gasteiger charge is -2.21. The van der Waals surface area contributed by atoms with Crippen LogP contribution in [0.5, 0.6) is 0 Å². The predicted molar refractivity (Wildman–Crippen MR) is 111 cm³/mol. The van der Waals surface area contributed by atoms with E-state index in [4.69, 9.17) is 4.74 Å². The summed E-state index contributed by atoms with van der Waals surface area (Å²) in [5.74, 6) is 1.41. The van der Waals surface area contributed by atoms with Gasteiger partial charge in [0.25, 0.3) is 0 Å². The molecular weight excluding hydrogens is 417 g/mol. The van der Waals surface area contributed by atoms with E-state index in [1.54, 1.807) is 6.20 Å². The van der Waals surface area contributed by atoms with E-state index in [1.165, 1.54) is 0 Å². The molecule has 0 aliphatic rings. The van der Waals surface area contributed by atoms with Crippen molar-refractivity contribution < 1.29 is 4.74 Å². The van der Waals surface area contributed by atoms with Gasteiger partial charge >= 0.3 is 0 Å². The molecule has 24 heavy (non-hydrogen) atoms. The summed E-state index contributed by atoms with van der Waals surface area (Å²) in [6, 6.07) is 1.94. The molecule has 0 spiro atoms. The lowest BCUT2D eigenvalue weighted by Crippen LogP contribution is -2.39. The normalized spacial score (nSPS) is 12.8. The highest BCUT2D eigenvalue weighted by atomic mass is 127. The maximum Gasteiger partial charge on any atom is 0.191 e. The summed E-state index contributed by atoms with van der Waals surface area (Å²) in [6.45, 7) is 12.7. The molecule has 1 heterocycles. The molecule has 0 radical (unpaired) electrons. The van der Waals surface area contributed by atoms with Crippen LogP contribution in [0.4, 0.5) is 0 Å². The molecule has 6 nitrogen and oxygen atoms in total. The first-order chi connectivity index (χ1) is 11.2. The number of hydrogen-bond acceptors (Lipinski definition) is 3. The zero-order valence-corrected chi connectivity index (χ0v) is 17.8. The summed E-state index contributed by atoms with van der Waals surface area (Å²) in [4.78, 5) is 4.61. The van der Waals surface area contributed by atoms with Crippen molar-refractivity contribution in [1.29, 1.82) is 0 Å². The van der Waals surface area contributed by atoms with Crippen LogP contribution in [-0.4, -0.2) is 48.1 Å². The molecule has 2 N–H and O–H groups in total. The third-order valence-corrected chi connectivity index (χ3v) is 3.56. The number of guanidine groups is 1. The number of hydrogen-bond donors (Lipinski definition) is 2. The van der Waals surface area contributed by atoms with Crippen LogP contribution in [0.2, 0.25) is 0 Å². The monoisotopic (exact) mass is 451 g/mol. The van der Waals surface area contributed by atoms with E-state index in [0.717, 1.165) is 51.6 Å². The fourth-order valence-electron chi connectivity index (χ4n) is 2.35. The third-order valence-electron chi connectivity index (χ3n) is 3.56. The molecule has 140 valence electrons. The van der Waals surface area contributed by atoms with Gasteiger partial charge in [0.2, 0.25) is 0 Å². The first kappa shape index (κ1) is 23.2. The van der Waals surface area contributed by atoms with Gasteiger partial charge in [0.15, 0.2) is 5.96 Å². The number of rotatable bonds is 11. The van der Waals surface area contributed by atoms with Crippen LogP contribution < -0.4 is 10.6 Å². The van der Waals surface area contributed by atoms with E-state index >= 15 is 0 Å². The van der Waals surface area contributed by atoms with Crippen molar-refractivity contribution in [3.8, 4) is 0 Å². The molecule has 0 saturated carbocycles. The first-order valence-electron chi connectivity index (χ1n) is 8.78. The minimum absolute atomic E-state index is 0. The minimum Gasteiger partial charge on any atom is -0.378 e. The van der Waals surface area contributed by atoms with Crippen LogP contribution in [0.15, 0.2) is 23.5 Å². The van der Waals surface area contributed by atoms with E-state index < -0.39 is 0 Å². The van der Waals surface area contributed by atoms with Gasteiger partial charge < -0.3 is 15.4 Å². The summed E-state index contributed by atoms with van der Waals surface area (Å²) in [5.41, 5.74) is 0. The summed E-state index contributed by atoms with van der Waals surface area (Å²) < 4.78 is 7.71. The first-order valence-corrected chi connectivity index (χ1v) is 8.78. The van der Waals surface area contributed by atoms with Gasteiger partial charge in [-0.15, -0.1) is 24.0 Å². The van der Waals surface area contributed by atoms with Gasteiger partial charge in [-0.2, -0.15) is 5.10 Å². The number of ether oxygens (including phenoxy) is 1. The van der Waals surface area contributed by atoms with Crippen LogP contribution in [0.3, 0.4) is 0 Å². The van der Waals surface area contributed by atoms with E-state index in [-0.39, 0.29) is 24.0 Å². The summed E-state index contributed by atoms with van der Waals surface area (Å²) in [5, 5.41) is 10.9. The Morgan fingerprint density at radius 3 is 2.67 bits per heavy atom. The van der Waals surface area contributed by atoms with Crippen molar-refractivity contribution in [2.75, 3.05) is 26.2 Å². The van der Waals surface area contributed by atoms with Gasteiger partial charge in [0.1, 0.15) is 0 Å². The fraction of sp³-hybridized carbons (Fsp3) is 0.765. The second-order valence-corrected chi connectivity index (χ2v) is 5.84. The molecule has 0 amide bonds. The zero-order chi connectivity index (χ0) is 16.9. The topological polar surface area (TPSA) is 63.5 Å². The van der Waals surface area contributed by atoms with Crippen molar-refractivity contribution in [2.45, 2.75) is 53.2 Å². The average Bonchev–Trinajstić information content (AvgIpc) is 3.03. The standard InChI is InChI=1S/C17H33N5O.HI/c1-5-18-17(19-10-7-13-22-14-8-11-21-22)20-12-9-16(15(3)4)23-6-2;/h8,11,14-16H,5-7,9-10,12-13H2,1-4H3,(H2,18,19,20);1H. The van der Waals surface area contributed by atoms with Gasteiger partial charge in [-0.25, -0.2) is 0 Å². The molecule has 1 rings (SSSR count). The number of nitrogens with zero attached hydrogens (tertiary/aromatic N) is 3. The third kappa shape index (κ3) is 10.1. The van der Waals surface area contributed by atoms with Crippen molar-refractivity contribution >= 4 is 29.9 Å². The highest BCUT2D eigenvalue weighted by Gasteiger charge is 2.12. The Hall–Kier alpha value is -0.830. The van der Waals surface area contributed by atoms with E-state index in [9.17, 15) is 0 Å². The number of nitrogens with one attached hydrogen (secondary N) is 2. The van der Waals surface area contributed by atoms with Crippen molar-refractivity contribution in [1.82, 2.24) is 20.4 Å². The molecular formula is C17H34IN5O. The molecule has 0 bridgehead atoms. The van der Waals surface area contributed by atoms with Gasteiger partial charge in [-0.05, 0) is 38.7 Å². The highest BCUT2D eigenvalue weighted by molar-refractivity contribution is 14.0. The summed E-state index contributed by atoms with van der Waals surface area (Å²) in [7, 11) is 0. The quantitative estimate of drug-likeness (QED) is 0.235. The van der Waals surface area contributed by atoms with Crippen LogP contribution in [0, 0.1) is 5.92 Å². The van der Waals surface area contributed by atoms with Gasteiger partial charge in [0, 0.05) is 45.2 Å². The van der Waals surface area contributed by atoms with Crippen LogP contribution in [0.1, 0.15) is 40.5 Å². The number of aryl methyl sites for hydroxylation is 1. The van der Waals surface area contributed by atoms with Gasteiger partial charge in [-0.3, -0.25) is 9.67 Å². The van der Waals surface area contributed by atoms with E-state index in [1.807, 2.05) is 23.9 Å². The molecule has 0 fully saturated rings. The Labute approximate surface area is 163 Å². The summed E-state index contributed by atoms with van der Waals surface area (Å²) >= 11 is 0. The number of halogens is 1. The summed E-state index contributed by atoms with van der Waals surface area (Å²) in [6.07, 6.45) is 6.05. The molecule has 1 aromatic heterocycles. The zero-order valence-electron chi connectivity index (χ0n) is 15.5. The Morgan fingerprint density at radius 2 is 2.08 bits per heavy atom. The van der Waals surface area contributed by atoms with Crippen LogP contribution in [-0.2, 0) is 11.3 Å². The molecule has 0 aliphatic heterocycles. The Balaban J connectivity index is 0.00000529. The maximum atomic E-state index is 5.78. The maximum absolute atomic E-state index is 5.78. The highest BCUT2D eigenvalue weighted by Crippen LogP contribution is 2.09. The molecule has 7 heteroatoms. The van der Waals surface area contributed by atoms with Crippen LogP contribution >= 0.6 is 24.0 Å². The number of aromatic nitrogens is 2. The average molecular weight is 451 g/mol.